The maximum Gasteiger partial charge on any atom is 0.282 e. The fourth-order valence-corrected chi connectivity index (χ4v) is 1.16. The summed E-state index contributed by atoms with van der Waals surface area (Å²) >= 11 is 0. The quantitative estimate of drug-likeness (QED) is 0.368. The van der Waals surface area contributed by atoms with E-state index in [0.29, 0.717) is 6.42 Å². The van der Waals surface area contributed by atoms with Gasteiger partial charge in [-0.25, -0.2) is 4.39 Å². The van der Waals surface area contributed by atoms with E-state index in [1.165, 1.54) is 0 Å². The Bertz CT molecular complexity index is 174. The Kier molecular flexibility index (Phi) is 8.08. The van der Waals surface area contributed by atoms with Gasteiger partial charge in [-0.3, -0.25) is 4.79 Å². The number of unbranched alkanes of at least 4 members (excludes halogenated alkanes) is 4. The molecule has 82 valence electrons. The van der Waals surface area contributed by atoms with E-state index >= 15 is 0 Å². The lowest BCUT2D eigenvalue weighted by Crippen LogP contribution is -2.25. The molecule has 0 bridgehead atoms. The molecule has 4 heteroatoms. The van der Waals surface area contributed by atoms with Gasteiger partial charge >= 0.3 is 0 Å². The van der Waals surface area contributed by atoms with Crippen LogP contribution in [0.4, 0.5) is 8.87 Å². The summed E-state index contributed by atoms with van der Waals surface area (Å²) in [6.07, 6.45) is 4.72. The molecule has 0 saturated carbocycles. The number of alkyl halides is 1. The van der Waals surface area contributed by atoms with Crippen molar-refractivity contribution in [3.05, 3.63) is 12.7 Å². The van der Waals surface area contributed by atoms with Gasteiger partial charge in [0.05, 0.1) is 0 Å². The van der Waals surface area contributed by atoms with Gasteiger partial charge in [0.15, 0.2) is 6.17 Å². The lowest BCUT2D eigenvalue weighted by Gasteiger charge is -2.04. The zero-order chi connectivity index (χ0) is 10.8. The highest BCUT2D eigenvalue weighted by Gasteiger charge is 2.15. The van der Waals surface area contributed by atoms with Gasteiger partial charge in [-0.15, -0.1) is 11.1 Å². The maximum absolute atomic E-state index is 12.7. The number of rotatable bonds is 8. The summed E-state index contributed by atoms with van der Waals surface area (Å²) < 4.78 is 24.2. The van der Waals surface area contributed by atoms with Crippen LogP contribution in [0.15, 0.2) is 12.7 Å². The minimum atomic E-state index is -1.71. The van der Waals surface area contributed by atoms with Crippen LogP contribution in [0.1, 0.15) is 38.5 Å². The largest absolute Gasteiger partial charge is 0.282 e. The van der Waals surface area contributed by atoms with E-state index in [1.807, 2.05) is 6.08 Å². The molecule has 2 nitrogen and oxygen atoms in total. The lowest BCUT2D eigenvalue weighted by molar-refractivity contribution is -0.130. The summed E-state index contributed by atoms with van der Waals surface area (Å²) in [5.41, 5.74) is 0.799. The number of nitrogens with one attached hydrogen (secondary N) is 1. The first kappa shape index (κ1) is 13.1. The second-order valence-corrected chi connectivity index (χ2v) is 3.21. The molecule has 0 aliphatic heterocycles. The molecule has 0 rings (SSSR count). The number of halogens is 2. The van der Waals surface area contributed by atoms with Crippen LogP contribution >= 0.6 is 0 Å². The van der Waals surface area contributed by atoms with Crippen molar-refractivity contribution < 1.29 is 13.7 Å². The van der Waals surface area contributed by atoms with E-state index in [1.54, 1.807) is 0 Å². The molecular formula is C10H17F2NO. The normalized spacial score (nSPS) is 12.1. The van der Waals surface area contributed by atoms with Gasteiger partial charge in [-0.05, 0) is 19.3 Å². The molecule has 14 heavy (non-hydrogen) atoms. The topological polar surface area (TPSA) is 29.1 Å². The van der Waals surface area contributed by atoms with Crippen LogP contribution in [0.25, 0.3) is 0 Å². The monoisotopic (exact) mass is 205 g/mol. The average Bonchev–Trinajstić information content (AvgIpc) is 2.21. The predicted molar refractivity (Wildman–Crippen MR) is 52.0 cm³/mol. The van der Waals surface area contributed by atoms with E-state index < -0.39 is 12.1 Å². The van der Waals surface area contributed by atoms with Gasteiger partial charge in [0.25, 0.3) is 5.91 Å². The summed E-state index contributed by atoms with van der Waals surface area (Å²) in [5.74, 6) is -1.17. The Hall–Kier alpha value is -0.930. The van der Waals surface area contributed by atoms with Gasteiger partial charge < -0.3 is 0 Å². The zero-order valence-corrected chi connectivity index (χ0v) is 8.27. The highest BCUT2D eigenvalue weighted by Crippen LogP contribution is 2.09. The first-order valence-electron chi connectivity index (χ1n) is 4.87. The van der Waals surface area contributed by atoms with E-state index in [0.717, 1.165) is 31.2 Å². The van der Waals surface area contributed by atoms with Crippen molar-refractivity contribution in [2.24, 2.45) is 0 Å². The molecule has 0 aromatic carbocycles. The van der Waals surface area contributed by atoms with Gasteiger partial charge in [0, 0.05) is 0 Å². The minimum Gasteiger partial charge on any atom is -0.269 e. The molecule has 0 spiro atoms. The smallest absolute Gasteiger partial charge is 0.269 e. The number of hydrogen-bond donors (Lipinski definition) is 1. The summed E-state index contributed by atoms with van der Waals surface area (Å²) in [5, 5.41) is 0. The van der Waals surface area contributed by atoms with Crippen molar-refractivity contribution >= 4 is 5.91 Å². The molecule has 0 aromatic heterocycles. The van der Waals surface area contributed by atoms with Crippen molar-refractivity contribution in [2.45, 2.75) is 44.7 Å². The van der Waals surface area contributed by atoms with Crippen LogP contribution in [-0.4, -0.2) is 12.1 Å². The third-order valence-electron chi connectivity index (χ3n) is 1.99. The first-order chi connectivity index (χ1) is 6.72. The van der Waals surface area contributed by atoms with Gasteiger partial charge in [-0.2, -0.15) is 5.54 Å². The summed E-state index contributed by atoms with van der Waals surface area (Å²) in [6.45, 7) is 3.59. The molecule has 0 aliphatic carbocycles. The van der Waals surface area contributed by atoms with E-state index in [-0.39, 0.29) is 6.42 Å². The maximum atomic E-state index is 12.7. The van der Waals surface area contributed by atoms with Crippen molar-refractivity contribution in [1.82, 2.24) is 5.54 Å². The van der Waals surface area contributed by atoms with E-state index in [9.17, 15) is 13.7 Å². The van der Waals surface area contributed by atoms with Crippen LogP contribution in [-0.2, 0) is 4.79 Å². The van der Waals surface area contributed by atoms with Gasteiger partial charge in [0.1, 0.15) is 0 Å². The van der Waals surface area contributed by atoms with Crippen molar-refractivity contribution in [3.63, 3.8) is 0 Å². The van der Waals surface area contributed by atoms with Crippen LogP contribution in [0.3, 0.4) is 0 Å². The van der Waals surface area contributed by atoms with Crippen molar-refractivity contribution in [1.29, 1.82) is 0 Å². The second-order valence-electron chi connectivity index (χ2n) is 3.21. The molecule has 1 amide bonds. The van der Waals surface area contributed by atoms with Crippen molar-refractivity contribution in [3.8, 4) is 0 Å². The Morgan fingerprint density at radius 1 is 1.36 bits per heavy atom. The molecule has 1 unspecified atom stereocenters. The molecular weight excluding hydrogens is 188 g/mol. The molecule has 0 fully saturated rings. The number of carbonyl (C=O) groups is 1. The number of allylic oxidation sites excluding steroid dienone is 1. The first-order valence-corrected chi connectivity index (χ1v) is 4.87. The molecule has 0 aliphatic rings. The van der Waals surface area contributed by atoms with Crippen molar-refractivity contribution in [2.75, 3.05) is 0 Å². The summed E-state index contributed by atoms with van der Waals surface area (Å²) in [6, 6.07) is 0. The second kappa shape index (κ2) is 8.66. The average molecular weight is 205 g/mol. The standard InChI is InChI=1S/C10H17F2NO/c1-2-3-4-5-6-7-8-9(11)10(14)13-12/h2,9H,1,3-8H2,(H,13,14). The Morgan fingerprint density at radius 2 is 2.00 bits per heavy atom. The minimum absolute atomic E-state index is 0.101. The molecule has 0 heterocycles. The van der Waals surface area contributed by atoms with Crippen LogP contribution in [0, 0.1) is 0 Å². The van der Waals surface area contributed by atoms with E-state index in [2.05, 4.69) is 6.58 Å². The lowest BCUT2D eigenvalue weighted by atomic mass is 10.1. The number of hydrogen-bond acceptors (Lipinski definition) is 1. The zero-order valence-electron chi connectivity index (χ0n) is 8.27. The summed E-state index contributed by atoms with van der Waals surface area (Å²) in [4.78, 5) is 10.4. The highest BCUT2D eigenvalue weighted by atomic mass is 19.2. The SMILES string of the molecule is C=CCCCCCCC(F)C(=O)NF. The summed E-state index contributed by atoms with van der Waals surface area (Å²) in [7, 11) is 0. The fraction of sp³-hybridized carbons (Fsp3) is 0.700. The Labute approximate surface area is 83.3 Å². The molecule has 0 radical (unpaired) electrons. The van der Waals surface area contributed by atoms with Crippen LogP contribution in [0.2, 0.25) is 0 Å². The fourth-order valence-electron chi connectivity index (χ4n) is 1.16. The molecule has 0 saturated heterocycles. The molecule has 0 aromatic rings. The number of carbonyl (C=O) groups excluding carboxylic acids is 1. The van der Waals surface area contributed by atoms with Crippen LogP contribution < -0.4 is 5.54 Å². The Morgan fingerprint density at radius 3 is 2.57 bits per heavy atom. The highest BCUT2D eigenvalue weighted by molar-refractivity contribution is 5.79. The third kappa shape index (κ3) is 6.57. The number of amides is 1. The van der Waals surface area contributed by atoms with Gasteiger partial charge in [-0.1, -0.05) is 25.3 Å². The Balaban J connectivity index is 3.27. The predicted octanol–water partition coefficient (Wildman–Crippen LogP) is 2.85. The van der Waals surface area contributed by atoms with E-state index in [4.69, 9.17) is 0 Å². The van der Waals surface area contributed by atoms with Gasteiger partial charge in [0.2, 0.25) is 0 Å². The van der Waals surface area contributed by atoms with Crippen LogP contribution in [0.5, 0.6) is 0 Å². The molecule has 1 atom stereocenters. The molecule has 1 N–H and O–H groups in total. The third-order valence-corrected chi connectivity index (χ3v) is 1.99.